The molecule has 1 N–H and O–H groups in total. The molecule has 2 amide bonds. The van der Waals surface area contributed by atoms with E-state index in [9.17, 15) is 9.59 Å². The van der Waals surface area contributed by atoms with E-state index in [0.29, 0.717) is 6.42 Å². The van der Waals surface area contributed by atoms with Crippen molar-refractivity contribution in [2.75, 3.05) is 23.3 Å². The molecule has 4 rings (SSSR count). The van der Waals surface area contributed by atoms with Gasteiger partial charge in [0.2, 0.25) is 11.8 Å². The van der Waals surface area contributed by atoms with Gasteiger partial charge < -0.3 is 10.2 Å². The quantitative estimate of drug-likeness (QED) is 0.908. The van der Waals surface area contributed by atoms with Crippen LogP contribution in [-0.2, 0) is 22.6 Å². The van der Waals surface area contributed by atoms with Gasteiger partial charge in [-0.25, -0.2) is 0 Å². The van der Waals surface area contributed by atoms with Gasteiger partial charge in [0.15, 0.2) is 0 Å². The fraction of sp³-hybridized carbons (Fsp3) is 0.364. The highest BCUT2D eigenvalue weighted by atomic mass is 16.2. The number of hydrogen-bond acceptors (Lipinski definition) is 3. The Balaban J connectivity index is 1.42. The second kappa shape index (κ2) is 7.53. The highest BCUT2D eigenvalue weighted by Crippen LogP contribution is 2.25. The molecular formula is C22H25N3O2. The average Bonchev–Trinajstić information content (AvgIpc) is 3.13. The summed E-state index contributed by atoms with van der Waals surface area (Å²) in [6, 6.07) is 15.8. The van der Waals surface area contributed by atoms with E-state index in [1.165, 1.54) is 11.1 Å². The number of nitrogens with one attached hydrogen (secondary N) is 1. The summed E-state index contributed by atoms with van der Waals surface area (Å²) in [6.07, 6.45) is 2.47. The normalized spacial score (nSPS) is 18.3. The van der Waals surface area contributed by atoms with Crippen molar-refractivity contribution in [3.8, 4) is 0 Å². The van der Waals surface area contributed by atoms with Crippen LogP contribution in [-0.4, -0.2) is 35.8 Å². The first-order valence-electron chi connectivity index (χ1n) is 9.64. The number of carbonyl (C=O) groups is 2. The Morgan fingerprint density at radius 1 is 1.04 bits per heavy atom. The Labute approximate surface area is 160 Å². The molecule has 5 nitrogen and oxygen atoms in total. The van der Waals surface area contributed by atoms with Gasteiger partial charge >= 0.3 is 0 Å². The Morgan fingerprint density at radius 2 is 1.85 bits per heavy atom. The van der Waals surface area contributed by atoms with Crippen molar-refractivity contribution in [3.63, 3.8) is 0 Å². The number of nitrogens with zero attached hydrogens (tertiary/aromatic N) is 2. The van der Waals surface area contributed by atoms with Gasteiger partial charge in [-0.1, -0.05) is 30.3 Å². The van der Waals surface area contributed by atoms with Gasteiger partial charge in [0.05, 0.1) is 6.04 Å². The van der Waals surface area contributed by atoms with E-state index in [1.54, 1.807) is 4.90 Å². The molecule has 2 aromatic carbocycles. The largest absolute Gasteiger partial charge is 0.325 e. The molecule has 27 heavy (non-hydrogen) atoms. The van der Waals surface area contributed by atoms with Gasteiger partial charge in [-0.15, -0.1) is 0 Å². The molecule has 0 bridgehead atoms. The Hall–Kier alpha value is -2.66. The molecule has 1 saturated heterocycles. The molecular weight excluding hydrogens is 338 g/mol. The lowest BCUT2D eigenvalue weighted by molar-refractivity contribution is -0.121. The Bertz CT molecular complexity index is 864. The minimum atomic E-state index is -0.213. The van der Waals surface area contributed by atoms with Crippen molar-refractivity contribution in [1.29, 1.82) is 0 Å². The molecule has 1 fully saturated rings. The first-order valence-corrected chi connectivity index (χ1v) is 9.64. The summed E-state index contributed by atoms with van der Waals surface area (Å²) in [5.74, 6) is 0.137. The lowest BCUT2D eigenvalue weighted by Gasteiger charge is -2.32. The maximum Gasteiger partial charge on any atom is 0.241 e. The number of fused-ring (bicyclic) bond motifs is 1. The Kier molecular flexibility index (Phi) is 4.94. The van der Waals surface area contributed by atoms with Gasteiger partial charge in [-0.2, -0.15) is 0 Å². The van der Waals surface area contributed by atoms with Crippen molar-refractivity contribution in [3.05, 3.63) is 59.7 Å². The van der Waals surface area contributed by atoms with Crippen molar-refractivity contribution in [2.45, 2.75) is 38.8 Å². The SMILES string of the molecule is CC(C(=O)Nc1cccc(N2CCCC2=O)c1)N1CCc2ccccc2C1. The summed E-state index contributed by atoms with van der Waals surface area (Å²) in [4.78, 5) is 28.7. The smallest absolute Gasteiger partial charge is 0.241 e. The van der Waals surface area contributed by atoms with Crippen molar-refractivity contribution in [1.82, 2.24) is 4.90 Å². The third-order valence-electron chi connectivity index (χ3n) is 5.59. The minimum Gasteiger partial charge on any atom is -0.325 e. The first kappa shape index (κ1) is 17.7. The maximum atomic E-state index is 12.8. The molecule has 1 unspecified atom stereocenters. The first-order chi connectivity index (χ1) is 13.1. The molecule has 0 aromatic heterocycles. The number of carbonyl (C=O) groups excluding carboxylic acids is 2. The maximum absolute atomic E-state index is 12.8. The zero-order valence-corrected chi connectivity index (χ0v) is 15.6. The second-order valence-corrected chi connectivity index (χ2v) is 7.35. The van der Waals surface area contributed by atoms with Crippen LogP contribution >= 0.6 is 0 Å². The summed E-state index contributed by atoms with van der Waals surface area (Å²) in [6.45, 7) is 4.39. The van der Waals surface area contributed by atoms with E-state index in [0.717, 1.165) is 43.9 Å². The molecule has 2 aliphatic rings. The summed E-state index contributed by atoms with van der Waals surface area (Å²) < 4.78 is 0. The van der Waals surface area contributed by atoms with Crippen LogP contribution in [0.3, 0.4) is 0 Å². The highest BCUT2D eigenvalue weighted by molar-refractivity contribution is 5.98. The van der Waals surface area contributed by atoms with E-state index in [1.807, 2.05) is 31.2 Å². The van der Waals surface area contributed by atoms with Gasteiger partial charge in [0, 0.05) is 37.4 Å². The summed E-state index contributed by atoms with van der Waals surface area (Å²) >= 11 is 0. The van der Waals surface area contributed by atoms with Crippen LogP contribution in [0, 0.1) is 0 Å². The lowest BCUT2D eigenvalue weighted by Crippen LogP contribution is -2.44. The Morgan fingerprint density at radius 3 is 2.63 bits per heavy atom. The summed E-state index contributed by atoms with van der Waals surface area (Å²) in [5, 5.41) is 3.02. The van der Waals surface area contributed by atoms with Gasteiger partial charge in [-0.05, 0) is 49.1 Å². The molecule has 0 aliphatic carbocycles. The molecule has 2 heterocycles. The minimum absolute atomic E-state index is 0.0146. The highest BCUT2D eigenvalue weighted by Gasteiger charge is 2.26. The van der Waals surface area contributed by atoms with E-state index < -0.39 is 0 Å². The van der Waals surface area contributed by atoms with E-state index >= 15 is 0 Å². The summed E-state index contributed by atoms with van der Waals surface area (Å²) in [7, 11) is 0. The third kappa shape index (κ3) is 3.74. The second-order valence-electron chi connectivity index (χ2n) is 7.35. The molecule has 2 aromatic rings. The van der Waals surface area contributed by atoms with E-state index in [2.05, 4.69) is 34.5 Å². The zero-order valence-electron chi connectivity index (χ0n) is 15.6. The van der Waals surface area contributed by atoms with Gasteiger partial charge in [0.1, 0.15) is 0 Å². The lowest BCUT2D eigenvalue weighted by atomic mass is 9.99. The average molecular weight is 363 g/mol. The topological polar surface area (TPSA) is 52.7 Å². The van der Waals surface area contributed by atoms with Crippen LogP contribution in [0.4, 0.5) is 11.4 Å². The molecule has 5 heteroatoms. The fourth-order valence-electron chi connectivity index (χ4n) is 3.93. The van der Waals surface area contributed by atoms with Crippen molar-refractivity contribution in [2.24, 2.45) is 0 Å². The van der Waals surface area contributed by atoms with E-state index in [-0.39, 0.29) is 17.9 Å². The monoisotopic (exact) mass is 363 g/mol. The fourth-order valence-corrected chi connectivity index (χ4v) is 3.93. The number of anilines is 2. The van der Waals surface area contributed by atoms with Gasteiger partial charge in [-0.3, -0.25) is 14.5 Å². The standard InChI is InChI=1S/C22H25N3O2/c1-16(24-13-11-17-6-2-3-7-18(17)15-24)22(27)23-19-8-4-9-20(14-19)25-12-5-10-21(25)26/h2-4,6-9,14,16H,5,10-13,15H2,1H3,(H,23,27). The molecule has 0 radical (unpaired) electrons. The van der Waals surface area contributed by atoms with Crippen molar-refractivity contribution < 1.29 is 9.59 Å². The van der Waals surface area contributed by atoms with Gasteiger partial charge in [0.25, 0.3) is 0 Å². The molecule has 0 saturated carbocycles. The molecule has 2 aliphatic heterocycles. The summed E-state index contributed by atoms with van der Waals surface area (Å²) in [5.41, 5.74) is 4.28. The van der Waals surface area contributed by atoms with E-state index in [4.69, 9.17) is 0 Å². The number of amides is 2. The molecule has 140 valence electrons. The number of hydrogen-bond donors (Lipinski definition) is 1. The van der Waals surface area contributed by atoms with Crippen LogP contribution in [0.2, 0.25) is 0 Å². The molecule has 0 spiro atoms. The van der Waals surface area contributed by atoms with Crippen LogP contribution in [0.5, 0.6) is 0 Å². The van der Waals surface area contributed by atoms with Crippen LogP contribution < -0.4 is 10.2 Å². The predicted molar refractivity (Wildman–Crippen MR) is 107 cm³/mol. The molecule has 1 atom stereocenters. The van der Waals surface area contributed by atoms with Crippen LogP contribution in [0.15, 0.2) is 48.5 Å². The predicted octanol–water partition coefficient (Wildman–Crippen LogP) is 3.20. The van der Waals surface area contributed by atoms with Crippen LogP contribution in [0.1, 0.15) is 30.9 Å². The zero-order chi connectivity index (χ0) is 18.8. The number of rotatable bonds is 4. The van der Waals surface area contributed by atoms with Crippen LogP contribution in [0.25, 0.3) is 0 Å². The third-order valence-corrected chi connectivity index (χ3v) is 5.59. The van der Waals surface area contributed by atoms with Crippen molar-refractivity contribution >= 4 is 23.2 Å². The number of benzene rings is 2.